The SMILES string of the molecule is CC(C)CNC(=O)CCNC(=O)[C@@H]1CC(c2ccc(Cl)cc2)=NO1. The van der Waals surface area contributed by atoms with Crippen LogP contribution in [0, 0.1) is 5.92 Å². The van der Waals surface area contributed by atoms with Crippen LogP contribution in [0.2, 0.25) is 5.02 Å². The Kier molecular flexibility index (Phi) is 6.61. The largest absolute Gasteiger partial charge is 0.382 e. The van der Waals surface area contributed by atoms with Crippen LogP contribution in [0.5, 0.6) is 0 Å². The summed E-state index contributed by atoms with van der Waals surface area (Å²) in [4.78, 5) is 28.8. The van der Waals surface area contributed by atoms with Crippen LogP contribution in [0.3, 0.4) is 0 Å². The van der Waals surface area contributed by atoms with E-state index >= 15 is 0 Å². The van der Waals surface area contributed by atoms with Crippen LogP contribution in [0.15, 0.2) is 29.4 Å². The maximum Gasteiger partial charge on any atom is 0.264 e. The average molecular weight is 352 g/mol. The van der Waals surface area contributed by atoms with Gasteiger partial charge in [0, 0.05) is 31.0 Å². The normalized spacial score (nSPS) is 16.5. The highest BCUT2D eigenvalue weighted by molar-refractivity contribution is 6.30. The van der Waals surface area contributed by atoms with E-state index in [0.717, 1.165) is 5.56 Å². The fraction of sp³-hybridized carbons (Fsp3) is 0.471. The molecule has 1 aliphatic heterocycles. The van der Waals surface area contributed by atoms with Gasteiger partial charge < -0.3 is 15.5 Å². The Morgan fingerprint density at radius 3 is 2.67 bits per heavy atom. The molecule has 0 unspecified atom stereocenters. The van der Waals surface area contributed by atoms with Gasteiger partial charge in [-0.1, -0.05) is 42.7 Å². The molecule has 0 fully saturated rings. The Labute approximate surface area is 146 Å². The molecule has 1 aromatic rings. The van der Waals surface area contributed by atoms with E-state index in [1.54, 1.807) is 12.1 Å². The third-order valence-electron chi connectivity index (χ3n) is 3.50. The van der Waals surface area contributed by atoms with Crippen LogP contribution >= 0.6 is 11.6 Å². The van der Waals surface area contributed by atoms with E-state index in [9.17, 15) is 9.59 Å². The van der Waals surface area contributed by atoms with Crippen molar-refractivity contribution in [3.8, 4) is 0 Å². The maximum atomic E-state index is 12.1. The van der Waals surface area contributed by atoms with Gasteiger partial charge >= 0.3 is 0 Å². The molecule has 1 heterocycles. The van der Waals surface area contributed by atoms with Gasteiger partial charge in [0.15, 0.2) is 0 Å². The first-order valence-electron chi connectivity index (χ1n) is 7.98. The van der Waals surface area contributed by atoms with Crippen molar-refractivity contribution in [3.05, 3.63) is 34.9 Å². The molecular formula is C17H22ClN3O3. The average Bonchev–Trinajstić information content (AvgIpc) is 3.03. The van der Waals surface area contributed by atoms with Crippen molar-refractivity contribution in [2.75, 3.05) is 13.1 Å². The molecule has 1 atom stereocenters. The van der Waals surface area contributed by atoms with E-state index in [-0.39, 0.29) is 24.8 Å². The minimum atomic E-state index is -0.658. The number of nitrogens with one attached hydrogen (secondary N) is 2. The Balaban J connectivity index is 1.71. The molecule has 0 spiro atoms. The zero-order valence-electron chi connectivity index (χ0n) is 13.8. The van der Waals surface area contributed by atoms with E-state index in [1.807, 2.05) is 26.0 Å². The molecule has 7 heteroatoms. The summed E-state index contributed by atoms with van der Waals surface area (Å²) in [6, 6.07) is 7.21. The molecule has 0 aromatic heterocycles. The van der Waals surface area contributed by atoms with E-state index in [0.29, 0.717) is 29.6 Å². The lowest BCUT2D eigenvalue weighted by atomic mass is 10.0. The van der Waals surface area contributed by atoms with Crippen LogP contribution in [0.4, 0.5) is 0 Å². The number of rotatable bonds is 7. The maximum absolute atomic E-state index is 12.1. The second-order valence-corrected chi connectivity index (χ2v) is 6.52. The molecule has 1 aliphatic rings. The Bertz CT molecular complexity index is 614. The standard InChI is InChI=1S/C17H22ClN3O3/c1-11(2)10-20-16(22)7-8-19-17(23)15-9-14(21-24-15)12-3-5-13(18)6-4-12/h3-6,11,15H,7-10H2,1-2H3,(H,19,23)(H,20,22)/t15-/m0/s1. The van der Waals surface area contributed by atoms with Gasteiger partial charge in [0.05, 0.1) is 5.71 Å². The first kappa shape index (κ1) is 18.3. The van der Waals surface area contributed by atoms with E-state index in [2.05, 4.69) is 15.8 Å². The minimum Gasteiger partial charge on any atom is -0.382 e. The number of hydrogen-bond donors (Lipinski definition) is 2. The molecular weight excluding hydrogens is 330 g/mol. The van der Waals surface area contributed by atoms with Crippen molar-refractivity contribution >= 4 is 29.1 Å². The second kappa shape index (κ2) is 8.68. The van der Waals surface area contributed by atoms with Crippen LogP contribution in [-0.2, 0) is 14.4 Å². The molecule has 2 N–H and O–H groups in total. The van der Waals surface area contributed by atoms with E-state index in [4.69, 9.17) is 16.4 Å². The molecule has 0 radical (unpaired) electrons. The van der Waals surface area contributed by atoms with Crippen LogP contribution in [-0.4, -0.2) is 36.7 Å². The van der Waals surface area contributed by atoms with Gasteiger partial charge in [0.1, 0.15) is 0 Å². The first-order chi connectivity index (χ1) is 11.5. The molecule has 1 aromatic carbocycles. The summed E-state index contributed by atoms with van der Waals surface area (Å²) in [5, 5.41) is 10.1. The van der Waals surface area contributed by atoms with Crippen molar-refractivity contribution in [3.63, 3.8) is 0 Å². The summed E-state index contributed by atoms with van der Waals surface area (Å²) in [7, 11) is 0. The predicted molar refractivity (Wildman–Crippen MR) is 93.0 cm³/mol. The third kappa shape index (κ3) is 5.53. The number of oxime groups is 1. The zero-order chi connectivity index (χ0) is 17.5. The number of nitrogens with zero attached hydrogens (tertiary/aromatic N) is 1. The molecule has 0 saturated heterocycles. The van der Waals surface area contributed by atoms with Gasteiger partial charge in [-0.2, -0.15) is 0 Å². The van der Waals surface area contributed by atoms with E-state index in [1.165, 1.54) is 0 Å². The topological polar surface area (TPSA) is 79.8 Å². The molecule has 6 nitrogen and oxygen atoms in total. The van der Waals surface area contributed by atoms with Crippen molar-refractivity contribution in [1.29, 1.82) is 0 Å². The monoisotopic (exact) mass is 351 g/mol. The Morgan fingerprint density at radius 2 is 2.00 bits per heavy atom. The van der Waals surface area contributed by atoms with Gasteiger partial charge in [-0.05, 0) is 23.6 Å². The number of carbonyl (C=O) groups excluding carboxylic acids is 2. The summed E-state index contributed by atoms with van der Waals surface area (Å²) in [5.74, 6) is 0.0627. The Hall–Kier alpha value is -2.08. The molecule has 0 aliphatic carbocycles. The highest BCUT2D eigenvalue weighted by Gasteiger charge is 2.28. The zero-order valence-corrected chi connectivity index (χ0v) is 14.6. The molecule has 2 amide bonds. The molecule has 0 bridgehead atoms. The lowest BCUT2D eigenvalue weighted by Gasteiger charge is -2.10. The number of hydrogen-bond acceptors (Lipinski definition) is 4. The smallest absolute Gasteiger partial charge is 0.264 e. The molecule has 24 heavy (non-hydrogen) atoms. The van der Waals surface area contributed by atoms with Crippen molar-refractivity contribution in [2.45, 2.75) is 32.8 Å². The first-order valence-corrected chi connectivity index (χ1v) is 8.36. The molecule has 130 valence electrons. The predicted octanol–water partition coefficient (Wildman–Crippen LogP) is 2.11. The number of carbonyl (C=O) groups is 2. The summed E-state index contributed by atoms with van der Waals surface area (Å²) < 4.78 is 0. The fourth-order valence-corrected chi connectivity index (χ4v) is 2.28. The highest BCUT2D eigenvalue weighted by atomic mass is 35.5. The van der Waals surface area contributed by atoms with Gasteiger partial charge in [0.25, 0.3) is 5.91 Å². The molecule has 2 rings (SSSR count). The Morgan fingerprint density at radius 1 is 1.29 bits per heavy atom. The number of halogens is 1. The van der Waals surface area contributed by atoms with Crippen molar-refractivity contribution in [1.82, 2.24) is 10.6 Å². The minimum absolute atomic E-state index is 0.0746. The third-order valence-corrected chi connectivity index (χ3v) is 3.75. The van der Waals surface area contributed by atoms with Gasteiger partial charge in [-0.25, -0.2) is 0 Å². The molecule has 0 saturated carbocycles. The van der Waals surface area contributed by atoms with E-state index < -0.39 is 6.10 Å². The summed E-state index contributed by atoms with van der Waals surface area (Å²) in [6.07, 6.45) is -0.0160. The fourth-order valence-electron chi connectivity index (χ4n) is 2.15. The highest BCUT2D eigenvalue weighted by Crippen LogP contribution is 2.18. The lowest BCUT2D eigenvalue weighted by Crippen LogP contribution is -2.37. The lowest BCUT2D eigenvalue weighted by molar-refractivity contribution is -0.131. The summed E-state index contributed by atoms with van der Waals surface area (Å²) in [5.41, 5.74) is 1.59. The van der Waals surface area contributed by atoms with Gasteiger partial charge in [0.2, 0.25) is 12.0 Å². The van der Waals surface area contributed by atoms with Crippen LogP contribution < -0.4 is 10.6 Å². The quantitative estimate of drug-likeness (QED) is 0.789. The van der Waals surface area contributed by atoms with Gasteiger partial charge in [-0.3, -0.25) is 9.59 Å². The summed E-state index contributed by atoms with van der Waals surface area (Å²) in [6.45, 7) is 4.96. The van der Waals surface area contributed by atoms with Crippen LogP contribution in [0.25, 0.3) is 0 Å². The number of benzene rings is 1. The second-order valence-electron chi connectivity index (χ2n) is 6.08. The van der Waals surface area contributed by atoms with Crippen LogP contribution in [0.1, 0.15) is 32.3 Å². The van der Waals surface area contributed by atoms with Crippen molar-refractivity contribution < 1.29 is 14.4 Å². The van der Waals surface area contributed by atoms with Gasteiger partial charge in [-0.15, -0.1) is 0 Å². The summed E-state index contributed by atoms with van der Waals surface area (Å²) >= 11 is 5.85. The van der Waals surface area contributed by atoms with Crippen molar-refractivity contribution in [2.24, 2.45) is 11.1 Å². The number of amides is 2.